The van der Waals surface area contributed by atoms with E-state index in [4.69, 9.17) is 11.6 Å². The number of nitrogens with one attached hydrogen (secondary N) is 1. The Hall–Kier alpha value is -2.73. The second-order valence-corrected chi connectivity index (χ2v) is 7.88. The number of amides is 3. The number of nitrogens with zero attached hydrogens (tertiary/aromatic N) is 3. The molecule has 29 heavy (non-hydrogen) atoms. The first-order chi connectivity index (χ1) is 14.1. The fourth-order valence-corrected chi connectivity index (χ4v) is 4.11. The van der Waals surface area contributed by atoms with Gasteiger partial charge in [0.2, 0.25) is 5.91 Å². The fourth-order valence-electron chi connectivity index (χ4n) is 3.92. The van der Waals surface area contributed by atoms with Crippen molar-refractivity contribution in [2.45, 2.75) is 13.0 Å². The topological polar surface area (TPSA) is 55.9 Å². The van der Waals surface area contributed by atoms with Gasteiger partial charge in [0.25, 0.3) is 0 Å². The summed E-state index contributed by atoms with van der Waals surface area (Å²) >= 11 is 6.07. The van der Waals surface area contributed by atoms with Crippen LogP contribution in [0.3, 0.4) is 0 Å². The lowest BCUT2D eigenvalue weighted by molar-refractivity contribution is -0.131. The molecule has 0 radical (unpaired) electrons. The van der Waals surface area contributed by atoms with E-state index in [1.165, 1.54) is 11.1 Å². The Morgan fingerprint density at radius 2 is 1.66 bits per heavy atom. The number of carbonyl (C=O) groups is 2. The van der Waals surface area contributed by atoms with E-state index in [-0.39, 0.29) is 18.5 Å². The highest BCUT2D eigenvalue weighted by atomic mass is 35.5. The van der Waals surface area contributed by atoms with Crippen LogP contribution in [0.25, 0.3) is 0 Å². The van der Waals surface area contributed by atoms with Crippen LogP contribution < -0.4 is 10.2 Å². The molecule has 2 aliphatic rings. The van der Waals surface area contributed by atoms with E-state index < -0.39 is 0 Å². The van der Waals surface area contributed by atoms with Gasteiger partial charge in [0.1, 0.15) is 0 Å². The summed E-state index contributed by atoms with van der Waals surface area (Å²) in [5, 5.41) is 3.50. The van der Waals surface area contributed by atoms with E-state index in [0.717, 1.165) is 25.2 Å². The molecule has 2 heterocycles. The summed E-state index contributed by atoms with van der Waals surface area (Å²) in [4.78, 5) is 30.8. The number of hydrogen-bond acceptors (Lipinski definition) is 3. The molecule has 3 amide bonds. The highest BCUT2D eigenvalue weighted by Gasteiger charge is 2.24. The minimum Gasteiger partial charge on any atom is -0.368 e. The van der Waals surface area contributed by atoms with Gasteiger partial charge in [0.15, 0.2) is 0 Å². The number of rotatable bonds is 3. The molecule has 0 spiro atoms. The highest BCUT2D eigenvalue weighted by Crippen LogP contribution is 2.21. The molecule has 2 aromatic rings. The number of halogens is 1. The summed E-state index contributed by atoms with van der Waals surface area (Å²) in [5.41, 5.74) is 3.56. The van der Waals surface area contributed by atoms with Crippen molar-refractivity contribution in [3.63, 3.8) is 0 Å². The lowest BCUT2D eigenvalue weighted by Gasteiger charge is -2.36. The zero-order valence-corrected chi connectivity index (χ0v) is 17.1. The standard InChI is InChI=1S/C22H25ClN4O2/c23-19-6-3-7-20(14-19)25-10-12-26(13-11-25)22(29)24-15-21(28)27-9-8-17-4-1-2-5-18(17)16-27/h1-7,14H,8-13,15-16H2,(H,24,29). The Kier molecular flexibility index (Phi) is 5.90. The molecule has 2 aliphatic heterocycles. The number of fused-ring (bicyclic) bond motifs is 1. The summed E-state index contributed by atoms with van der Waals surface area (Å²) in [7, 11) is 0. The van der Waals surface area contributed by atoms with Crippen molar-refractivity contribution in [2.75, 3.05) is 44.2 Å². The van der Waals surface area contributed by atoms with E-state index >= 15 is 0 Å². The summed E-state index contributed by atoms with van der Waals surface area (Å²) < 4.78 is 0. The van der Waals surface area contributed by atoms with Gasteiger partial charge in [-0.15, -0.1) is 0 Å². The zero-order chi connectivity index (χ0) is 20.2. The van der Waals surface area contributed by atoms with Crippen LogP contribution in [0, 0.1) is 0 Å². The van der Waals surface area contributed by atoms with Crippen molar-refractivity contribution in [2.24, 2.45) is 0 Å². The number of piperazine rings is 1. The molecule has 0 saturated carbocycles. The Bertz CT molecular complexity index is 896. The predicted molar refractivity (Wildman–Crippen MR) is 114 cm³/mol. The average Bonchev–Trinajstić information content (AvgIpc) is 2.77. The van der Waals surface area contributed by atoms with Crippen LogP contribution >= 0.6 is 11.6 Å². The third-order valence-electron chi connectivity index (χ3n) is 5.61. The van der Waals surface area contributed by atoms with Gasteiger partial charge in [-0.3, -0.25) is 4.79 Å². The van der Waals surface area contributed by atoms with Crippen molar-refractivity contribution >= 4 is 29.2 Å². The Labute approximate surface area is 176 Å². The van der Waals surface area contributed by atoms with E-state index in [2.05, 4.69) is 22.3 Å². The van der Waals surface area contributed by atoms with Gasteiger partial charge in [0.05, 0.1) is 6.54 Å². The minimum atomic E-state index is -0.179. The number of urea groups is 1. The maximum absolute atomic E-state index is 12.5. The molecule has 4 rings (SSSR count). The van der Waals surface area contributed by atoms with Crippen molar-refractivity contribution in [1.82, 2.24) is 15.1 Å². The van der Waals surface area contributed by atoms with Crippen LogP contribution in [0.4, 0.5) is 10.5 Å². The molecule has 1 saturated heterocycles. The molecule has 1 N–H and O–H groups in total. The molecule has 2 aromatic carbocycles. The van der Waals surface area contributed by atoms with E-state index in [1.807, 2.05) is 41.3 Å². The first-order valence-electron chi connectivity index (χ1n) is 9.98. The van der Waals surface area contributed by atoms with Gasteiger partial charge in [-0.05, 0) is 35.7 Å². The van der Waals surface area contributed by atoms with Crippen LogP contribution in [0.15, 0.2) is 48.5 Å². The summed E-state index contributed by atoms with van der Waals surface area (Å²) in [6.45, 7) is 4.06. The zero-order valence-electron chi connectivity index (χ0n) is 16.3. The van der Waals surface area contributed by atoms with Crippen LogP contribution in [0.2, 0.25) is 5.02 Å². The predicted octanol–water partition coefficient (Wildman–Crippen LogP) is 2.76. The molecule has 7 heteroatoms. The van der Waals surface area contributed by atoms with E-state index in [0.29, 0.717) is 31.2 Å². The van der Waals surface area contributed by atoms with Crippen LogP contribution in [-0.4, -0.2) is 61.0 Å². The molecular weight excluding hydrogens is 388 g/mol. The second kappa shape index (κ2) is 8.74. The first kappa shape index (κ1) is 19.6. The monoisotopic (exact) mass is 412 g/mol. The van der Waals surface area contributed by atoms with Gasteiger partial charge in [-0.1, -0.05) is 41.9 Å². The van der Waals surface area contributed by atoms with Gasteiger partial charge in [-0.25, -0.2) is 4.79 Å². The van der Waals surface area contributed by atoms with Crippen molar-refractivity contribution in [3.05, 3.63) is 64.7 Å². The molecule has 1 fully saturated rings. The van der Waals surface area contributed by atoms with Gasteiger partial charge in [0, 0.05) is 50.0 Å². The quantitative estimate of drug-likeness (QED) is 0.843. The summed E-state index contributed by atoms with van der Waals surface area (Å²) in [6.07, 6.45) is 0.862. The Morgan fingerprint density at radius 1 is 0.897 bits per heavy atom. The summed E-state index contributed by atoms with van der Waals surface area (Å²) in [5.74, 6) is -0.0367. The van der Waals surface area contributed by atoms with Crippen molar-refractivity contribution in [3.8, 4) is 0 Å². The van der Waals surface area contributed by atoms with Crippen LogP contribution in [-0.2, 0) is 17.8 Å². The lowest BCUT2D eigenvalue weighted by atomic mass is 10.00. The normalized spacial score (nSPS) is 16.4. The van der Waals surface area contributed by atoms with Crippen LogP contribution in [0.1, 0.15) is 11.1 Å². The molecular formula is C22H25ClN4O2. The van der Waals surface area contributed by atoms with E-state index in [1.54, 1.807) is 4.90 Å². The summed E-state index contributed by atoms with van der Waals surface area (Å²) in [6, 6.07) is 15.8. The number of benzene rings is 2. The third kappa shape index (κ3) is 4.65. The van der Waals surface area contributed by atoms with Gasteiger partial charge >= 0.3 is 6.03 Å². The fraction of sp³-hybridized carbons (Fsp3) is 0.364. The van der Waals surface area contributed by atoms with Crippen molar-refractivity contribution in [1.29, 1.82) is 0 Å². The Morgan fingerprint density at radius 3 is 2.41 bits per heavy atom. The molecule has 0 aliphatic carbocycles. The SMILES string of the molecule is O=C(CNC(=O)N1CCN(c2cccc(Cl)c2)CC1)N1CCc2ccccc2C1. The van der Waals surface area contributed by atoms with Crippen molar-refractivity contribution < 1.29 is 9.59 Å². The molecule has 0 atom stereocenters. The molecule has 0 bridgehead atoms. The van der Waals surface area contributed by atoms with Crippen LogP contribution in [0.5, 0.6) is 0 Å². The third-order valence-corrected chi connectivity index (χ3v) is 5.85. The maximum Gasteiger partial charge on any atom is 0.317 e. The maximum atomic E-state index is 12.5. The number of anilines is 1. The first-order valence-corrected chi connectivity index (χ1v) is 10.4. The largest absolute Gasteiger partial charge is 0.368 e. The molecule has 152 valence electrons. The van der Waals surface area contributed by atoms with Gasteiger partial charge < -0.3 is 20.0 Å². The number of hydrogen-bond donors (Lipinski definition) is 1. The smallest absolute Gasteiger partial charge is 0.317 e. The highest BCUT2D eigenvalue weighted by molar-refractivity contribution is 6.30. The second-order valence-electron chi connectivity index (χ2n) is 7.45. The minimum absolute atomic E-state index is 0.0367. The van der Waals surface area contributed by atoms with E-state index in [9.17, 15) is 9.59 Å². The Balaban J connectivity index is 1.24. The number of carbonyl (C=O) groups excluding carboxylic acids is 2. The molecule has 0 unspecified atom stereocenters. The molecule has 0 aromatic heterocycles. The average molecular weight is 413 g/mol. The molecule has 6 nitrogen and oxygen atoms in total. The lowest BCUT2D eigenvalue weighted by Crippen LogP contribution is -2.53. The van der Waals surface area contributed by atoms with Gasteiger partial charge in [-0.2, -0.15) is 0 Å².